The molecule has 2 saturated heterocycles. The lowest BCUT2D eigenvalue weighted by Gasteiger charge is -2.44. The van der Waals surface area contributed by atoms with Crippen molar-refractivity contribution < 1.29 is 28.0 Å². The van der Waals surface area contributed by atoms with Crippen LogP contribution < -0.4 is 4.90 Å². The van der Waals surface area contributed by atoms with Crippen LogP contribution in [0.4, 0.5) is 0 Å². The molecule has 2 aliphatic heterocycles. The number of hydrogen-bond acceptors (Lipinski definition) is 5. The molecule has 0 amide bonds. The van der Waals surface area contributed by atoms with Crippen LogP contribution in [0.5, 0.6) is 0 Å². The Morgan fingerprint density at radius 3 is 2.10 bits per heavy atom. The second-order valence-electron chi connectivity index (χ2n) is 7.46. The molecule has 2 fully saturated rings. The van der Waals surface area contributed by atoms with Gasteiger partial charge in [0, 0.05) is 11.1 Å². The van der Waals surface area contributed by atoms with E-state index in [2.05, 4.69) is 0 Å². The number of benzene rings is 2. The van der Waals surface area contributed by atoms with Crippen molar-refractivity contribution in [2.75, 3.05) is 20.3 Å². The molecule has 4 atom stereocenters. The van der Waals surface area contributed by atoms with Gasteiger partial charge in [-0.15, -0.1) is 0 Å². The van der Waals surface area contributed by atoms with E-state index in [-0.39, 0.29) is 25.2 Å². The molecule has 0 saturated carbocycles. The van der Waals surface area contributed by atoms with Gasteiger partial charge in [-0.25, -0.2) is 4.79 Å². The molecule has 2 aliphatic rings. The van der Waals surface area contributed by atoms with Crippen LogP contribution in [0.15, 0.2) is 60.7 Å². The summed E-state index contributed by atoms with van der Waals surface area (Å²) in [7, 11) is -2.18. The van der Waals surface area contributed by atoms with Crippen LogP contribution in [-0.4, -0.2) is 31.8 Å². The molecule has 6 nitrogen and oxygen atoms in total. The normalized spacial score (nSPS) is 30.2. The minimum Gasteiger partial charge on any atom is -0.464 e. The lowest BCUT2D eigenvalue weighted by atomic mass is 9.85. The van der Waals surface area contributed by atoms with Gasteiger partial charge in [0.05, 0.1) is 26.7 Å². The molecule has 2 aromatic carbocycles. The van der Waals surface area contributed by atoms with Crippen LogP contribution in [0.2, 0.25) is 0 Å². The van der Waals surface area contributed by atoms with Gasteiger partial charge in [0.1, 0.15) is 0 Å². The second kappa shape index (κ2) is 7.37. The van der Waals surface area contributed by atoms with Gasteiger partial charge in [-0.2, -0.15) is 0 Å². The van der Waals surface area contributed by atoms with E-state index in [1.54, 1.807) is 0 Å². The number of carbonyl (C=O) groups is 1. The Morgan fingerprint density at radius 1 is 1.03 bits per heavy atom. The van der Waals surface area contributed by atoms with E-state index < -0.39 is 18.4 Å². The van der Waals surface area contributed by atoms with E-state index >= 15 is 0 Å². The van der Waals surface area contributed by atoms with Crippen molar-refractivity contribution in [2.24, 2.45) is 0 Å². The van der Waals surface area contributed by atoms with Crippen molar-refractivity contribution in [1.82, 2.24) is 0 Å². The van der Waals surface area contributed by atoms with Crippen molar-refractivity contribution in [3.05, 3.63) is 71.8 Å². The number of ether oxygens (including phenoxy) is 1. The first kappa shape index (κ1) is 20.3. The van der Waals surface area contributed by atoms with Crippen LogP contribution in [0, 0.1) is 0 Å². The number of rotatable bonds is 8. The second-order valence-corrected chi connectivity index (χ2v) is 9.73. The predicted molar refractivity (Wildman–Crippen MR) is 108 cm³/mol. The number of esters is 1. The van der Waals surface area contributed by atoms with Crippen LogP contribution in [-0.2, 0) is 28.4 Å². The largest absolute Gasteiger partial charge is 0.464 e. The molecule has 2 heterocycles. The summed E-state index contributed by atoms with van der Waals surface area (Å²) in [6.45, 7) is 4.15. The van der Waals surface area contributed by atoms with E-state index in [1.807, 2.05) is 74.5 Å². The van der Waals surface area contributed by atoms with Gasteiger partial charge in [0.15, 0.2) is 6.04 Å². The Bertz CT molecular complexity index is 927. The van der Waals surface area contributed by atoms with Crippen molar-refractivity contribution in [1.29, 1.82) is 0 Å². The van der Waals surface area contributed by atoms with Crippen molar-refractivity contribution in [3.63, 3.8) is 0 Å². The highest BCUT2D eigenvalue weighted by atomic mass is 31.2. The Labute approximate surface area is 171 Å². The molecule has 0 spiro atoms. The number of nitrogens with one attached hydrogen (secondary N) is 1. The number of quaternary nitrogens is 1. The predicted octanol–water partition coefficient (Wildman–Crippen LogP) is 3.06. The quantitative estimate of drug-likeness (QED) is 0.407. The average molecular weight is 416 g/mol. The molecule has 7 heteroatoms. The third-order valence-corrected chi connectivity index (χ3v) is 8.95. The maximum Gasteiger partial charge on any atom is 0.395 e. The highest BCUT2D eigenvalue weighted by Gasteiger charge is 2.96. The van der Waals surface area contributed by atoms with Crippen molar-refractivity contribution >= 4 is 13.6 Å². The number of methoxy groups -OCH3 is 1. The van der Waals surface area contributed by atoms with Crippen LogP contribution in [0.3, 0.4) is 0 Å². The Hall–Kier alpha value is -1.98. The lowest BCUT2D eigenvalue weighted by Crippen LogP contribution is -3.14. The zero-order valence-electron chi connectivity index (χ0n) is 17.0. The summed E-state index contributed by atoms with van der Waals surface area (Å²) in [5.74, 6) is -0.285. The molecular weight excluding hydrogens is 389 g/mol. The summed E-state index contributed by atoms with van der Waals surface area (Å²) in [5.41, 5.74) is 1.11. The monoisotopic (exact) mass is 416 g/mol. The van der Waals surface area contributed by atoms with Gasteiger partial charge < -0.3 is 13.8 Å². The molecule has 1 unspecified atom stereocenters. The summed E-state index contributed by atoms with van der Waals surface area (Å²) in [6.07, 6.45) is 0.350. The van der Waals surface area contributed by atoms with E-state index in [0.717, 1.165) is 16.0 Å². The van der Waals surface area contributed by atoms with Gasteiger partial charge in [0.2, 0.25) is 5.28 Å². The standard InChI is InChI=1S/C22H26NO5P/c1-4-27-29(25,28-5-2)22(18-14-10-7-11-15-18)16-21(20(24)26-3)19(23(21)22)17-12-8-6-9-13-17/h6-15,19H,4-5,16H2,1-3H3/p+1/t19-,21-,22-,23?/m1/s1. The van der Waals surface area contributed by atoms with Gasteiger partial charge in [-0.3, -0.25) is 9.46 Å². The highest BCUT2D eigenvalue weighted by Crippen LogP contribution is 2.73. The maximum atomic E-state index is 14.2. The maximum absolute atomic E-state index is 14.2. The summed E-state index contributed by atoms with van der Waals surface area (Å²) in [5, 5.41) is -0.949. The third-order valence-electron chi connectivity index (χ3n) is 6.16. The van der Waals surface area contributed by atoms with Crippen molar-refractivity contribution in [2.45, 2.75) is 37.1 Å². The molecule has 0 bridgehead atoms. The molecule has 4 rings (SSSR count). The van der Waals surface area contributed by atoms with Gasteiger partial charge in [-0.1, -0.05) is 60.7 Å². The topological polar surface area (TPSA) is 66.3 Å². The van der Waals surface area contributed by atoms with Crippen LogP contribution in [0.1, 0.15) is 37.4 Å². The Morgan fingerprint density at radius 2 is 1.59 bits per heavy atom. The minimum atomic E-state index is -3.59. The van der Waals surface area contributed by atoms with Crippen molar-refractivity contribution in [3.8, 4) is 0 Å². The zero-order valence-corrected chi connectivity index (χ0v) is 17.9. The Balaban J connectivity index is 1.88. The highest BCUT2D eigenvalue weighted by molar-refractivity contribution is 7.55. The smallest absolute Gasteiger partial charge is 0.395 e. The molecule has 0 radical (unpaired) electrons. The van der Waals surface area contributed by atoms with Gasteiger partial charge in [-0.05, 0) is 13.8 Å². The van der Waals surface area contributed by atoms with Gasteiger partial charge in [0.25, 0.3) is 5.54 Å². The number of fused-ring (bicyclic) bond motifs is 1. The number of hydrogen-bond donors (Lipinski definition) is 1. The van der Waals surface area contributed by atoms with Gasteiger partial charge >= 0.3 is 13.6 Å². The average Bonchev–Trinajstić information content (AvgIpc) is 3.30. The third kappa shape index (κ3) is 2.67. The van der Waals surface area contributed by atoms with Crippen LogP contribution in [0.25, 0.3) is 0 Å². The minimum absolute atomic E-state index is 0.161. The Kier molecular flexibility index (Phi) is 5.16. The van der Waals surface area contributed by atoms with Crippen LogP contribution >= 0.6 is 7.60 Å². The van der Waals surface area contributed by atoms with E-state index in [0.29, 0.717) is 6.42 Å². The van der Waals surface area contributed by atoms with E-state index in [4.69, 9.17) is 13.8 Å². The molecular formula is C22H27NO5P+. The van der Waals surface area contributed by atoms with E-state index in [9.17, 15) is 9.36 Å². The number of carbonyl (C=O) groups excluding carboxylic acids is 1. The molecule has 0 aromatic heterocycles. The first-order valence-electron chi connectivity index (χ1n) is 9.97. The van der Waals surface area contributed by atoms with E-state index in [1.165, 1.54) is 7.11 Å². The zero-order chi connectivity index (χ0) is 20.7. The molecule has 2 aromatic rings. The molecule has 29 heavy (non-hydrogen) atoms. The summed E-state index contributed by atoms with van der Waals surface area (Å²) < 4.78 is 31.0. The summed E-state index contributed by atoms with van der Waals surface area (Å²) >= 11 is 0. The lowest BCUT2D eigenvalue weighted by molar-refractivity contribution is -0.897. The summed E-state index contributed by atoms with van der Waals surface area (Å²) in [6, 6.07) is 19.3. The molecule has 154 valence electrons. The SMILES string of the molecule is CCOP(=O)(OCC)[C@@]1(c2ccccc2)C[C@]2(C(=O)OC)[C@@H](c3ccccc3)[NH+]21. The first-order chi connectivity index (χ1) is 14.0. The fourth-order valence-corrected chi connectivity index (χ4v) is 7.85. The fourth-order valence-electron chi connectivity index (χ4n) is 5.12. The first-order valence-corrected chi connectivity index (χ1v) is 11.5. The molecule has 0 aliphatic carbocycles. The summed E-state index contributed by atoms with van der Waals surface area (Å²) in [4.78, 5) is 13.8. The molecule has 1 N–H and O–H groups in total. The fraction of sp³-hybridized carbons (Fsp3) is 0.409.